The molecule has 0 saturated carbocycles. The molecule has 1 unspecified atom stereocenters. The van der Waals surface area contributed by atoms with Crippen molar-refractivity contribution in [2.24, 2.45) is 0 Å². The first kappa shape index (κ1) is 29.0. The molecule has 1 atom stereocenters. The lowest BCUT2D eigenvalue weighted by Crippen LogP contribution is -2.33. The lowest BCUT2D eigenvalue weighted by molar-refractivity contribution is 0.101. The van der Waals surface area contributed by atoms with Crippen LogP contribution in [0.4, 0.5) is 5.69 Å². The fourth-order valence-electron chi connectivity index (χ4n) is 3.95. The number of fused-ring (bicyclic) bond motifs is 2. The highest BCUT2D eigenvalue weighted by atomic mass is 32.1. The molecule has 2 aliphatic rings. The standard InChI is InChI=1S/C26H25N2O7PS.CH4/c1-15(29)22-12-16(27-26(37)28(2)10-11-34-36(3,32)33)4-7-19(22)25-20-8-5-17(30)13-23(20)35-24-14-18(31)6-9-21(24)25;/h4-9,12-14,30H,10-11H2,1-3H3,(H,27,37)(H,32,33);1H4. The number of phenols is 1. The number of thiocarbonyl (C=S) groups is 1. The Kier molecular flexibility index (Phi) is 8.74. The quantitative estimate of drug-likeness (QED) is 0.115. The van der Waals surface area contributed by atoms with Crippen LogP contribution in [-0.2, 0) is 9.09 Å². The highest BCUT2D eigenvalue weighted by Gasteiger charge is 2.21. The van der Waals surface area contributed by atoms with E-state index in [1.165, 1.54) is 31.2 Å². The summed E-state index contributed by atoms with van der Waals surface area (Å²) in [7, 11) is -1.87. The number of Topliss-reactive ketones (excluding diaryl/α,β-unsaturated/α-hetero) is 1. The molecule has 0 spiro atoms. The van der Waals surface area contributed by atoms with Crippen LogP contribution in [0, 0.1) is 0 Å². The SMILES string of the molecule is C.CC(=O)c1cc(NC(=S)N(C)CCOP(C)(=O)O)ccc1-c1c2ccc(=O)cc-2oc2cc(O)ccc12. The zero-order valence-corrected chi connectivity index (χ0v) is 22.1. The van der Waals surface area contributed by atoms with Crippen LogP contribution in [0.15, 0.2) is 63.8 Å². The number of ketones is 1. The van der Waals surface area contributed by atoms with Gasteiger partial charge in [0.25, 0.3) is 0 Å². The third kappa shape index (κ3) is 6.46. The van der Waals surface area contributed by atoms with Gasteiger partial charge in [0, 0.05) is 60.2 Å². The average molecular weight is 557 g/mol. The van der Waals surface area contributed by atoms with Crippen molar-refractivity contribution in [1.82, 2.24) is 4.90 Å². The molecule has 0 bridgehead atoms. The van der Waals surface area contributed by atoms with E-state index in [2.05, 4.69) is 5.32 Å². The van der Waals surface area contributed by atoms with E-state index in [9.17, 15) is 24.2 Å². The molecular weight excluding hydrogens is 527 g/mol. The second-order valence-electron chi connectivity index (χ2n) is 8.62. The van der Waals surface area contributed by atoms with Gasteiger partial charge in [0.2, 0.25) is 0 Å². The van der Waals surface area contributed by atoms with Crippen molar-refractivity contribution in [2.75, 3.05) is 32.2 Å². The van der Waals surface area contributed by atoms with Gasteiger partial charge in [-0.1, -0.05) is 13.5 Å². The van der Waals surface area contributed by atoms with Gasteiger partial charge in [-0.15, -0.1) is 0 Å². The number of rotatable bonds is 7. The Morgan fingerprint density at radius 3 is 2.53 bits per heavy atom. The summed E-state index contributed by atoms with van der Waals surface area (Å²) in [5.74, 6) is 0.158. The molecule has 200 valence electrons. The Bertz CT molecular complexity index is 1590. The number of nitrogens with one attached hydrogen (secondary N) is 1. The lowest BCUT2D eigenvalue weighted by Gasteiger charge is -2.22. The summed E-state index contributed by atoms with van der Waals surface area (Å²) in [6.45, 7) is 2.87. The minimum absolute atomic E-state index is 0. The first-order valence-electron chi connectivity index (χ1n) is 11.2. The summed E-state index contributed by atoms with van der Waals surface area (Å²) in [4.78, 5) is 35.7. The van der Waals surface area contributed by atoms with Crippen LogP contribution in [0.3, 0.4) is 0 Å². The Hall–Kier alpha value is -3.56. The molecule has 11 heteroatoms. The van der Waals surface area contributed by atoms with Crippen LogP contribution >= 0.6 is 19.8 Å². The van der Waals surface area contributed by atoms with Crippen molar-refractivity contribution in [3.8, 4) is 28.2 Å². The average Bonchev–Trinajstić information content (AvgIpc) is 2.81. The summed E-state index contributed by atoms with van der Waals surface area (Å²) in [6.07, 6.45) is 0. The predicted molar refractivity (Wildman–Crippen MR) is 153 cm³/mol. The van der Waals surface area contributed by atoms with E-state index in [-0.39, 0.29) is 37.5 Å². The Morgan fingerprint density at radius 1 is 1.13 bits per heavy atom. The highest BCUT2D eigenvalue weighted by molar-refractivity contribution is 7.80. The van der Waals surface area contributed by atoms with E-state index in [1.807, 2.05) is 0 Å². The van der Waals surface area contributed by atoms with E-state index >= 15 is 0 Å². The second kappa shape index (κ2) is 11.4. The van der Waals surface area contributed by atoms with Gasteiger partial charge in [0.15, 0.2) is 16.3 Å². The molecule has 2 aromatic rings. The number of phenolic OH excluding ortho intramolecular Hbond substituents is 1. The third-order valence-electron chi connectivity index (χ3n) is 5.70. The Balaban J connectivity index is 0.00000400. The van der Waals surface area contributed by atoms with E-state index in [0.29, 0.717) is 49.8 Å². The second-order valence-corrected chi connectivity index (χ2v) is 10.9. The summed E-state index contributed by atoms with van der Waals surface area (Å²) in [5, 5.41) is 14.1. The number of hydrogen-bond donors (Lipinski definition) is 3. The zero-order chi connectivity index (χ0) is 26.9. The summed E-state index contributed by atoms with van der Waals surface area (Å²) in [6, 6.07) is 14.4. The fraction of sp³-hybridized carbons (Fsp3) is 0.222. The number of likely N-dealkylation sites (N-methyl/N-ethyl adjacent to an activating group) is 1. The molecule has 0 radical (unpaired) electrons. The van der Waals surface area contributed by atoms with Crippen LogP contribution < -0.4 is 10.7 Å². The molecule has 1 heterocycles. The highest BCUT2D eigenvalue weighted by Crippen LogP contribution is 2.42. The summed E-state index contributed by atoms with van der Waals surface area (Å²) < 4.78 is 22.1. The smallest absolute Gasteiger partial charge is 0.325 e. The van der Waals surface area contributed by atoms with Gasteiger partial charge in [0.05, 0.1) is 6.61 Å². The van der Waals surface area contributed by atoms with Crippen molar-refractivity contribution in [3.05, 3.63) is 70.4 Å². The van der Waals surface area contributed by atoms with Crippen LogP contribution in [0.1, 0.15) is 24.7 Å². The van der Waals surface area contributed by atoms with Gasteiger partial charge in [-0.05, 0) is 61.1 Å². The Labute approximate surface area is 225 Å². The zero-order valence-electron chi connectivity index (χ0n) is 20.3. The van der Waals surface area contributed by atoms with Crippen molar-refractivity contribution in [2.45, 2.75) is 14.4 Å². The van der Waals surface area contributed by atoms with Crippen LogP contribution in [-0.4, -0.2) is 52.7 Å². The van der Waals surface area contributed by atoms with Crippen LogP contribution in [0.5, 0.6) is 5.75 Å². The van der Waals surface area contributed by atoms with Crippen molar-refractivity contribution in [3.63, 3.8) is 0 Å². The van der Waals surface area contributed by atoms with Crippen LogP contribution in [0.2, 0.25) is 0 Å². The van der Waals surface area contributed by atoms with Gasteiger partial charge < -0.3 is 29.2 Å². The van der Waals surface area contributed by atoms with Gasteiger partial charge in [-0.2, -0.15) is 0 Å². The molecule has 9 nitrogen and oxygen atoms in total. The number of carbonyl (C=O) groups is 1. The third-order valence-corrected chi connectivity index (χ3v) is 6.78. The minimum atomic E-state index is -3.58. The van der Waals surface area contributed by atoms with Gasteiger partial charge >= 0.3 is 7.60 Å². The maximum Gasteiger partial charge on any atom is 0.325 e. The molecule has 0 saturated heterocycles. The van der Waals surface area contributed by atoms with Crippen molar-refractivity contribution in [1.29, 1.82) is 0 Å². The molecule has 4 rings (SSSR count). The number of carbonyl (C=O) groups excluding carboxylic acids is 1. The summed E-state index contributed by atoms with van der Waals surface area (Å²) in [5.41, 5.74) is 3.10. The maximum absolute atomic E-state index is 12.8. The molecule has 2 aromatic carbocycles. The monoisotopic (exact) mass is 556 g/mol. The van der Waals surface area contributed by atoms with Crippen molar-refractivity contribution >= 4 is 47.4 Å². The largest absolute Gasteiger partial charge is 0.508 e. The number of nitrogens with zero attached hydrogens (tertiary/aromatic N) is 1. The normalized spacial score (nSPS) is 12.5. The topological polar surface area (TPSA) is 129 Å². The number of aromatic hydroxyl groups is 1. The number of benzene rings is 3. The first-order valence-corrected chi connectivity index (χ1v) is 13.7. The van der Waals surface area contributed by atoms with Crippen LogP contribution in [0.25, 0.3) is 33.4 Å². The molecule has 1 aliphatic heterocycles. The van der Waals surface area contributed by atoms with Gasteiger partial charge in [0.1, 0.15) is 17.1 Å². The molecule has 0 aromatic heterocycles. The van der Waals surface area contributed by atoms with Crippen molar-refractivity contribution < 1.29 is 28.3 Å². The lowest BCUT2D eigenvalue weighted by atomic mass is 9.89. The predicted octanol–water partition coefficient (Wildman–Crippen LogP) is 5.57. The molecular formula is C27H29N2O7PS. The fourth-order valence-corrected chi connectivity index (χ4v) is 4.58. The molecule has 38 heavy (non-hydrogen) atoms. The first-order chi connectivity index (χ1) is 17.4. The van der Waals surface area contributed by atoms with E-state index < -0.39 is 7.60 Å². The number of hydrogen-bond acceptors (Lipinski definition) is 7. The van der Waals surface area contributed by atoms with E-state index in [1.54, 1.807) is 42.3 Å². The van der Waals surface area contributed by atoms with Gasteiger partial charge in [-0.3, -0.25) is 14.2 Å². The molecule has 1 aliphatic carbocycles. The summed E-state index contributed by atoms with van der Waals surface area (Å²) >= 11 is 5.43. The number of anilines is 1. The molecule has 3 N–H and O–H groups in total. The molecule has 0 fully saturated rings. The maximum atomic E-state index is 12.8. The minimum Gasteiger partial charge on any atom is -0.508 e. The van der Waals surface area contributed by atoms with E-state index in [0.717, 1.165) is 6.66 Å². The van der Waals surface area contributed by atoms with E-state index in [4.69, 9.17) is 21.2 Å². The molecule has 0 amide bonds. The van der Waals surface area contributed by atoms with Gasteiger partial charge in [-0.25, -0.2) is 0 Å². The Morgan fingerprint density at radius 2 is 1.84 bits per heavy atom.